The monoisotopic (exact) mass is 351 g/mol. The van der Waals surface area contributed by atoms with Gasteiger partial charge in [0.2, 0.25) is 5.91 Å². The molecule has 3 aromatic rings. The van der Waals surface area contributed by atoms with Crippen molar-refractivity contribution in [1.29, 1.82) is 0 Å². The lowest BCUT2D eigenvalue weighted by atomic mass is 10.1. The number of carbonyl (C=O) groups is 2. The molecule has 0 radical (unpaired) electrons. The van der Waals surface area contributed by atoms with Gasteiger partial charge in [0.1, 0.15) is 11.4 Å². The Morgan fingerprint density at radius 2 is 1.88 bits per heavy atom. The average Bonchev–Trinajstić information content (AvgIpc) is 2.96. The Balaban J connectivity index is 1.91. The molecule has 0 unspecified atom stereocenters. The number of ether oxygens (including phenoxy) is 1. The smallest absolute Gasteiger partial charge is 0.328 e. The van der Waals surface area contributed by atoms with Crippen LogP contribution < -0.4 is 10.1 Å². The van der Waals surface area contributed by atoms with Crippen LogP contribution >= 0.6 is 0 Å². The maximum Gasteiger partial charge on any atom is 0.328 e. The van der Waals surface area contributed by atoms with E-state index in [0.717, 1.165) is 40.5 Å². The number of hydrogen-bond donors (Lipinski definition) is 2. The van der Waals surface area contributed by atoms with Crippen molar-refractivity contribution < 1.29 is 19.4 Å². The van der Waals surface area contributed by atoms with Crippen LogP contribution in [-0.2, 0) is 9.59 Å². The fourth-order valence-corrected chi connectivity index (χ4v) is 2.59. The van der Waals surface area contributed by atoms with Crippen molar-refractivity contribution in [2.45, 2.75) is 6.92 Å². The molecule has 0 bridgehead atoms. The zero-order valence-corrected chi connectivity index (χ0v) is 14.3. The normalized spacial score (nSPS) is 11.0. The average molecular weight is 351 g/mol. The van der Waals surface area contributed by atoms with Crippen LogP contribution in [0.1, 0.15) is 5.69 Å². The van der Waals surface area contributed by atoms with E-state index in [-0.39, 0.29) is 0 Å². The highest BCUT2D eigenvalue weighted by molar-refractivity contribution is 6.02. The van der Waals surface area contributed by atoms with Crippen LogP contribution in [0.25, 0.3) is 16.9 Å². The fourth-order valence-electron chi connectivity index (χ4n) is 2.59. The van der Waals surface area contributed by atoms with Crippen LogP contribution in [0.2, 0.25) is 0 Å². The third kappa shape index (κ3) is 3.56. The number of aromatic nitrogens is 2. The van der Waals surface area contributed by atoms with Gasteiger partial charge in [0.15, 0.2) is 0 Å². The molecule has 0 aliphatic heterocycles. The van der Waals surface area contributed by atoms with E-state index in [0.29, 0.717) is 5.69 Å². The van der Waals surface area contributed by atoms with Gasteiger partial charge >= 0.3 is 5.97 Å². The second-order valence-electron chi connectivity index (χ2n) is 5.58. The van der Waals surface area contributed by atoms with Crippen LogP contribution in [0.3, 0.4) is 0 Å². The van der Waals surface area contributed by atoms with Crippen molar-refractivity contribution >= 4 is 23.2 Å². The molecular weight excluding hydrogens is 334 g/mol. The van der Waals surface area contributed by atoms with E-state index in [1.807, 2.05) is 35.6 Å². The lowest BCUT2D eigenvalue weighted by Gasteiger charge is -2.04. The number of pyridine rings is 1. The number of fused-ring (bicyclic) bond motifs is 1. The topological polar surface area (TPSA) is 92.9 Å². The first-order valence-corrected chi connectivity index (χ1v) is 7.83. The summed E-state index contributed by atoms with van der Waals surface area (Å²) < 4.78 is 7.04. The van der Waals surface area contributed by atoms with Gasteiger partial charge in [-0.3, -0.25) is 4.79 Å². The van der Waals surface area contributed by atoms with Crippen LogP contribution in [0.4, 0.5) is 5.69 Å². The van der Waals surface area contributed by atoms with Gasteiger partial charge < -0.3 is 19.6 Å². The first kappa shape index (κ1) is 17.2. The molecule has 0 saturated carbocycles. The molecule has 0 aliphatic rings. The summed E-state index contributed by atoms with van der Waals surface area (Å²) in [6, 6.07) is 11.1. The van der Waals surface area contributed by atoms with Gasteiger partial charge in [-0.15, -0.1) is 0 Å². The highest BCUT2D eigenvalue weighted by Gasteiger charge is 2.11. The molecule has 26 heavy (non-hydrogen) atoms. The molecule has 7 heteroatoms. The number of nitrogens with one attached hydrogen (secondary N) is 1. The molecule has 0 aliphatic carbocycles. The van der Waals surface area contributed by atoms with Gasteiger partial charge in [-0.1, -0.05) is 0 Å². The van der Waals surface area contributed by atoms with E-state index in [1.54, 1.807) is 25.4 Å². The van der Waals surface area contributed by atoms with Gasteiger partial charge in [0.25, 0.3) is 0 Å². The maximum atomic E-state index is 11.7. The van der Waals surface area contributed by atoms with Crippen molar-refractivity contribution in [2.24, 2.45) is 0 Å². The predicted molar refractivity (Wildman–Crippen MR) is 97.3 cm³/mol. The molecule has 7 nitrogen and oxygen atoms in total. The van der Waals surface area contributed by atoms with E-state index in [1.165, 1.54) is 0 Å². The number of rotatable bonds is 5. The number of hydrogen-bond acceptors (Lipinski definition) is 4. The van der Waals surface area contributed by atoms with Crippen LogP contribution in [-0.4, -0.2) is 33.5 Å². The number of methoxy groups -OCH3 is 1. The number of imidazole rings is 1. The van der Waals surface area contributed by atoms with E-state index in [9.17, 15) is 9.59 Å². The molecule has 0 saturated heterocycles. The van der Waals surface area contributed by atoms with Crippen molar-refractivity contribution in [3.05, 3.63) is 60.4 Å². The summed E-state index contributed by atoms with van der Waals surface area (Å²) in [6.07, 6.45) is 3.51. The second kappa shape index (κ2) is 7.10. The zero-order chi connectivity index (χ0) is 18.7. The van der Waals surface area contributed by atoms with Crippen LogP contribution in [0.15, 0.2) is 54.7 Å². The number of amides is 1. The summed E-state index contributed by atoms with van der Waals surface area (Å²) in [6.45, 7) is 1.94. The number of carboxylic acids is 1. The Kier molecular flexibility index (Phi) is 4.70. The molecule has 2 heterocycles. The van der Waals surface area contributed by atoms with Gasteiger partial charge in [0, 0.05) is 29.6 Å². The highest BCUT2D eigenvalue weighted by atomic mass is 16.5. The minimum Gasteiger partial charge on any atom is -0.497 e. The molecular formula is C19H17N3O4. The highest BCUT2D eigenvalue weighted by Crippen LogP contribution is 2.26. The fraction of sp³-hybridized carbons (Fsp3) is 0.105. The van der Waals surface area contributed by atoms with Crippen molar-refractivity contribution in [1.82, 2.24) is 9.38 Å². The number of aryl methyl sites for hydroxylation is 1. The Bertz CT molecular complexity index is 1000. The van der Waals surface area contributed by atoms with Crippen molar-refractivity contribution in [3.8, 4) is 17.0 Å². The number of anilines is 1. The van der Waals surface area contributed by atoms with Gasteiger partial charge in [-0.05, 0) is 43.3 Å². The Morgan fingerprint density at radius 3 is 2.54 bits per heavy atom. The molecule has 2 N–H and O–H groups in total. The molecule has 3 rings (SSSR count). The third-order valence-electron chi connectivity index (χ3n) is 3.87. The summed E-state index contributed by atoms with van der Waals surface area (Å²) in [4.78, 5) is 26.8. The van der Waals surface area contributed by atoms with Crippen LogP contribution in [0, 0.1) is 6.92 Å². The quantitative estimate of drug-likeness (QED) is 0.690. The van der Waals surface area contributed by atoms with E-state index < -0.39 is 11.9 Å². The van der Waals surface area contributed by atoms with Gasteiger partial charge in [-0.25, -0.2) is 9.78 Å². The summed E-state index contributed by atoms with van der Waals surface area (Å²) in [5.41, 5.74) is 4.00. The first-order valence-electron chi connectivity index (χ1n) is 7.83. The number of aliphatic carboxylic acids is 1. The molecule has 0 spiro atoms. The number of carbonyl (C=O) groups excluding carboxylic acids is 1. The summed E-state index contributed by atoms with van der Waals surface area (Å²) in [5, 5.41) is 11.2. The standard InChI is InChI=1S/C19H17N3O4/c1-12-19(13-3-6-15(26-2)7-4-13)21-16-8-5-14(11-22(12)16)20-17(23)9-10-18(24)25/h3-11H,1-2H3,(H,20,23)(H,24,25)/b10-9+. The number of nitrogens with zero attached hydrogens (tertiary/aromatic N) is 2. The van der Waals surface area contributed by atoms with Crippen molar-refractivity contribution in [2.75, 3.05) is 12.4 Å². The zero-order valence-electron chi connectivity index (χ0n) is 14.3. The summed E-state index contributed by atoms with van der Waals surface area (Å²) in [5.74, 6) is -0.917. The lowest BCUT2D eigenvalue weighted by Crippen LogP contribution is -2.09. The number of carboxylic acid groups (broad SMARTS) is 1. The predicted octanol–water partition coefficient (Wildman–Crippen LogP) is 2.90. The van der Waals surface area contributed by atoms with E-state index >= 15 is 0 Å². The maximum absolute atomic E-state index is 11.7. The van der Waals surface area contributed by atoms with Gasteiger partial charge in [0.05, 0.1) is 18.5 Å². The molecule has 0 fully saturated rings. The molecule has 132 valence electrons. The van der Waals surface area contributed by atoms with E-state index in [4.69, 9.17) is 9.84 Å². The Hall–Kier alpha value is -3.61. The Morgan fingerprint density at radius 1 is 1.15 bits per heavy atom. The molecule has 2 aromatic heterocycles. The number of benzene rings is 1. The Labute approximate surface area is 149 Å². The second-order valence-corrected chi connectivity index (χ2v) is 5.58. The minimum atomic E-state index is -1.18. The summed E-state index contributed by atoms with van der Waals surface area (Å²) >= 11 is 0. The first-order chi connectivity index (χ1) is 12.5. The molecule has 1 amide bonds. The van der Waals surface area contributed by atoms with Crippen LogP contribution in [0.5, 0.6) is 5.75 Å². The minimum absolute atomic E-state index is 0.514. The SMILES string of the molecule is COc1ccc(-c2nc3ccc(NC(=O)/C=C/C(=O)O)cn3c2C)cc1. The van der Waals surface area contributed by atoms with E-state index in [2.05, 4.69) is 10.3 Å². The van der Waals surface area contributed by atoms with Crippen molar-refractivity contribution in [3.63, 3.8) is 0 Å². The summed E-state index contributed by atoms with van der Waals surface area (Å²) in [7, 11) is 1.62. The largest absolute Gasteiger partial charge is 0.497 e. The molecule has 1 aromatic carbocycles. The van der Waals surface area contributed by atoms with Gasteiger partial charge in [-0.2, -0.15) is 0 Å². The third-order valence-corrected chi connectivity index (χ3v) is 3.87. The lowest BCUT2D eigenvalue weighted by molar-refractivity contribution is -0.131. The molecule has 0 atom stereocenters.